The molecule has 1 unspecified atom stereocenters. The van der Waals surface area contributed by atoms with Gasteiger partial charge in [-0.25, -0.2) is 4.98 Å². The van der Waals surface area contributed by atoms with Gasteiger partial charge in [-0.2, -0.15) is 0 Å². The highest BCUT2D eigenvalue weighted by Crippen LogP contribution is 2.13. The number of rotatable bonds is 4. The van der Waals surface area contributed by atoms with E-state index in [9.17, 15) is 4.79 Å². The highest BCUT2D eigenvalue weighted by molar-refractivity contribution is 5.80. The number of hydrogen-bond donors (Lipinski definition) is 3. The lowest BCUT2D eigenvalue weighted by Gasteiger charge is -2.27. The molecule has 5 heteroatoms. The third-order valence-corrected chi connectivity index (χ3v) is 2.73. The molecule has 0 spiro atoms. The van der Waals surface area contributed by atoms with Gasteiger partial charge in [0.2, 0.25) is 5.91 Å². The maximum absolute atomic E-state index is 11.7. The minimum absolute atomic E-state index is 0.00750. The Balaban J connectivity index is 1.93. The Bertz CT molecular complexity index is 318. The van der Waals surface area contributed by atoms with E-state index in [1.54, 1.807) is 12.4 Å². The van der Waals surface area contributed by atoms with E-state index in [-0.39, 0.29) is 17.9 Å². The molecule has 0 bridgehead atoms. The quantitative estimate of drug-likeness (QED) is 0.662. The minimum atomic E-state index is 0.00750. The monoisotopic (exact) mass is 208 g/mol. The number of carbonyl (C=O) groups excluding carboxylic acids is 1. The molecule has 1 aliphatic heterocycles. The van der Waals surface area contributed by atoms with Gasteiger partial charge in [0.05, 0.1) is 12.0 Å². The van der Waals surface area contributed by atoms with Crippen molar-refractivity contribution in [2.24, 2.45) is 5.92 Å². The highest BCUT2D eigenvalue weighted by atomic mass is 16.2. The Morgan fingerprint density at radius 1 is 1.73 bits per heavy atom. The largest absolute Gasteiger partial charge is 0.347 e. The molecule has 1 aromatic rings. The minimum Gasteiger partial charge on any atom is -0.347 e. The number of nitrogens with one attached hydrogen (secondary N) is 3. The van der Waals surface area contributed by atoms with Gasteiger partial charge in [-0.3, -0.25) is 4.79 Å². The molecule has 2 rings (SSSR count). The van der Waals surface area contributed by atoms with Crippen LogP contribution in [0.4, 0.5) is 0 Å². The first-order valence-corrected chi connectivity index (χ1v) is 5.31. The van der Waals surface area contributed by atoms with Crippen LogP contribution in [-0.2, 0) is 4.79 Å². The zero-order chi connectivity index (χ0) is 10.7. The lowest BCUT2D eigenvalue weighted by molar-refractivity contribution is -0.127. The Hall–Kier alpha value is -1.36. The van der Waals surface area contributed by atoms with Crippen molar-refractivity contribution in [3.8, 4) is 0 Å². The van der Waals surface area contributed by atoms with Crippen LogP contribution >= 0.6 is 0 Å². The lowest BCUT2D eigenvalue weighted by Crippen LogP contribution is -2.51. The maximum atomic E-state index is 11.7. The molecular weight excluding hydrogens is 192 g/mol. The molecule has 1 atom stereocenters. The standard InChI is InChI=1S/C10H16N4O/c1-2-8(9-12-3-4-13-9)14-10(15)7-5-11-6-7/h3-4,7-8,11H,2,5-6H2,1H3,(H,12,13)(H,14,15). The summed E-state index contributed by atoms with van der Waals surface area (Å²) in [5, 5.41) is 6.08. The Kier molecular flexibility index (Phi) is 3.01. The zero-order valence-electron chi connectivity index (χ0n) is 8.79. The molecule has 15 heavy (non-hydrogen) atoms. The lowest BCUT2D eigenvalue weighted by atomic mass is 10.0. The molecule has 3 N–H and O–H groups in total. The number of nitrogens with zero attached hydrogens (tertiary/aromatic N) is 1. The van der Waals surface area contributed by atoms with E-state index in [4.69, 9.17) is 0 Å². The second kappa shape index (κ2) is 4.44. The van der Waals surface area contributed by atoms with Gasteiger partial charge < -0.3 is 15.6 Å². The van der Waals surface area contributed by atoms with Crippen molar-refractivity contribution in [1.82, 2.24) is 20.6 Å². The summed E-state index contributed by atoms with van der Waals surface area (Å²) in [4.78, 5) is 18.9. The van der Waals surface area contributed by atoms with E-state index in [0.29, 0.717) is 0 Å². The second-order valence-electron chi connectivity index (χ2n) is 3.80. The van der Waals surface area contributed by atoms with Gasteiger partial charge in [0.25, 0.3) is 0 Å². The fourth-order valence-corrected chi connectivity index (χ4v) is 1.60. The van der Waals surface area contributed by atoms with E-state index >= 15 is 0 Å². The molecule has 0 aliphatic carbocycles. The smallest absolute Gasteiger partial charge is 0.226 e. The fraction of sp³-hybridized carbons (Fsp3) is 0.600. The normalized spacial score (nSPS) is 18.2. The molecule has 82 valence electrons. The van der Waals surface area contributed by atoms with Crippen LogP contribution in [0.25, 0.3) is 0 Å². The first-order valence-electron chi connectivity index (χ1n) is 5.31. The summed E-state index contributed by atoms with van der Waals surface area (Å²) in [6.45, 7) is 3.62. The fourth-order valence-electron chi connectivity index (χ4n) is 1.60. The average molecular weight is 208 g/mol. The summed E-state index contributed by atoms with van der Waals surface area (Å²) in [6.07, 6.45) is 4.32. The molecular formula is C10H16N4O. The van der Waals surface area contributed by atoms with Gasteiger partial charge in [-0.05, 0) is 6.42 Å². The molecule has 0 radical (unpaired) electrons. The summed E-state index contributed by atoms with van der Waals surface area (Å²) in [6, 6.07) is 0.00750. The van der Waals surface area contributed by atoms with Gasteiger partial charge in [-0.1, -0.05) is 6.92 Å². The molecule has 0 aromatic carbocycles. The molecule has 0 saturated carbocycles. The zero-order valence-corrected chi connectivity index (χ0v) is 8.79. The number of amides is 1. The summed E-state index contributed by atoms with van der Waals surface area (Å²) in [5.74, 6) is 1.09. The highest BCUT2D eigenvalue weighted by Gasteiger charge is 2.27. The van der Waals surface area contributed by atoms with Crippen LogP contribution in [0.15, 0.2) is 12.4 Å². The van der Waals surface area contributed by atoms with Crippen molar-refractivity contribution in [3.05, 3.63) is 18.2 Å². The molecule has 1 saturated heterocycles. The third kappa shape index (κ3) is 2.18. The Morgan fingerprint density at radius 3 is 3.00 bits per heavy atom. The van der Waals surface area contributed by atoms with Crippen molar-refractivity contribution >= 4 is 5.91 Å². The maximum Gasteiger partial charge on any atom is 0.226 e. The predicted molar refractivity (Wildman–Crippen MR) is 56.1 cm³/mol. The molecule has 1 amide bonds. The van der Waals surface area contributed by atoms with Gasteiger partial charge >= 0.3 is 0 Å². The van der Waals surface area contributed by atoms with Gasteiger partial charge in [0.1, 0.15) is 5.82 Å². The number of H-pyrrole nitrogens is 1. The summed E-state index contributed by atoms with van der Waals surface area (Å²) in [7, 11) is 0. The van der Waals surface area contributed by atoms with Crippen LogP contribution in [-0.4, -0.2) is 29.0 Å². The molecule has 1 fully saturated rings. The van der Waals surface area contributed by atoms with Crippen LogP contribution in [0.1, 0.15) is 25.2 Å². The van der Waals surface area contributed by atoms with Crippen molar-refractivity contribution in [3.63, 3.8) is 0 Å². The first kappa shape index (κ1) is 10.2. The van der Waals surface area contributed by atoms with Gasteiger partial charge in [0.15, 0.2) is 0 Å². The van der Waals surface area contributed by atoms with Crippen molar-refractivity contribution in [2.45, 2.75) is 19.4 Å². The van der Waals surface area contributed by atoms with Crippen molar-refractivity contribution in [2.75, 3.05) is 13.1 Å². The van der Waals surface area contributed by atoms with Gasteiger partial charge in [-0.15, -0.1) is 0 Å². The van der Waals surface area contributed by atoms with Gasteiger partial charge in [0, 0.05) is 25.5 Å². The van der Waals surface area contributed by atoms with E-state index in [1.165, 1.54) is 0 Å². The van der Waals surface area contributed by atoms with Crippen molar-refractivity contribution < 1.29 is 4.79 Å². The summed E-state index contributed by atoms with van der Waals surface area (Å²) >= 11 is 0. The molecule has 2 heterocycles. The van der Waals surface area contributed by atoms with Crippen LogP contribution < -0.4 is 10.6 Å². The van der Waals surface area contributed by atoms with E-state index in [0.717, 1.165) is 25.3 Å². The topological polar surface area (TPSA) is 69.8 Å². The SMILES string of the molecule is CCC(NC(=O)C1CNC1)c1ncc[nH]1. The number of carbonyl (C=O) groups is 1. The number of hydrogen-bond acceptors (Lipinski definition) is 3. The van der Waals surface area contributed by atoms with E-state index < -0.39 is 0 Å². The Labute approximate surface area is 88.7 Å². The van der Waals surface area contributed by atoms with Crippen molar-refractivity contribution in [1.29, 1.82) is 0 Å². The second-order valence-corrected chi connectivity index (χ2v) is 3.80. The summed E-state index contributed by atoms with van der Waals surface area (Å²) < 4.78 is 0. The average Bonchev–Trinajstić information content (AvgIpc) is 2.63. The third-order valence-electron chi connectivity index (χ3n) is 2.73. The number of aromatic nitrogens is 2. The van der Waals surface area contributed by atoms with E-state index in [1.807, 2.05) is 6.92 Å². The van der Waals surface area contributed by atoms with Crippen LogP contribution in [0.3, 0.4) is 0 Å². The number of imidazole rings is 1. The Morgan fingerprint density at radius 2 is 2.53 bits per heavy atom. The number of aromatic amines is 1. The van der Waals surface area contributed by atoms with Crippen LogP contribution in [0.2, 0.25) is 0 Å². The molecule has 5 nitrogen and oxygen atoms in total. The molecule has 1 aromatic heterocycles. The molecule has 1 aliphatic rings. The van der Waals surface area contributed by atoms with Crippen LogP contribution in [0, 0.1) is 5.92 Å². The summed E-state index contributed by atoms with van der Waals surface area (Å²) in [5.41, 5.74) is 0. The van der Waals surface area contributed by atoms with Crippen LogP contribution in [0.5, 0.6) is 0 Å². The predicted octanol–water partition coefficient (Wildman–Crippen LogP) is 0.196. The first-order chi connectivity index (χ1) is 7.31. The van der Waals surface area contributed by atoms with E-state index in [2.05, 4.69) is 20.6 Å².